The van der Waals surface area contributed by atoms with Gasteiger partial charge in [-0.05, 0) is 39.5 Å². The third kappa shape index (κ3) is 11.0. The van der Waals surface area contributed by atoms with Gasteiger partial charge in [-0.25, -0.2) is 0 Å². The summed E-state index contributed by atoms with van der Waals surface area (Å²) < 4.78 is 51.8. The average Bonchev–Trinajstić information content (AvgIpc) is 2.69. The third-order valence-corrected chi connectivity index (χ3v) is 10.4. The first-order valence-corrected chi connectivity index (χ1v) is 15.4. The number of aliphatic hydroxyl groups excluding tert-OH is 2. The first-order chi connectivity index (χ1) is 15.3. The van der Waals surface area contributed by atoms with Gasteiger partial charge >= 0.3 is 0 Å². The summed E-state index contributed by atoms with van der Waals surface area (Å²) in [5.74, 6) is -0.750. The molecule has 0 amide bonds. The molecule has 0 bridgehead atoms. The number of hydrogen-bond donors (Lipinski definition) is 2. The summed E-state index contributed by atoms with van der Waals surface area (Å²) >= 11 is 11.1. The Kier molecular flexibility index (Phi) is 13.6. The molecule has 14 nitrogen and oxygen atoms in total. The predicted octanol–water partition coefficient (Wildman–Crippen LogP) is -1.08. The second kappa shape index (κ2) is 13.6. The number of aliphatic hydroxyl groups is 2. The van der Waals surface area contributed by atoms with Crippen molar-refractivity contribution in [1.29, 1.82) is 0 Å². The van der Waals surface area contributed by atoms with Crippen molar-refractivity contribution in [3.8, 4) is 11.5 Å². The molecule has 0 heterocycles. The maximum atomic E-state index is 11.2. The fourth-order valence-corrected chi connectivity index (χ4v) is 6.32. The van der Waals surface area contributed by atoms with Crippen LogP contribution in [0.1, 0.15) is 0 Å². The van der Waals surface area contributed by atoms with Gasteiger partial charge in [0.15, 0.2) is 11.2 Å². The Balaban J connectivity index is 0.000000642. The Hall–Kier alpha value is -0.0917. The van der Waals surface area contributed by atoms with Gasteiger partial charge in [-0.15, -0.1) is 0 Å². The van der Waals surface area contributed by atoms with Gasteiger partial charge in [0.05, 0.1) is 10.0 Å². The normalized spacial score (nSPS) is 16.7. The summed E-state index contributed by atoms with van der Waals surface area (Å²) in [6.07, 6.45) is 0. The van der Waals surface area contributed by atoms with Crippen LogP contribution in [0.3, 0.4) is 0 Å². The van der Waals surface area contributed by atoms with Crippen molar-refractivity contribution in [2.24, 2.45) is 0 Å². The van der Waals surface area contributed by atoms with E-state index >= 15 is 0 Å². The molecule has 2 aromatic carbocycles. The van der Waals surface area contributed by atoms with E-state index in [1.165, 1.54) is 36.4 Å². The fourth-order valence-electron chi connectivity index (χ4n) is 1.75. The molecule has 0 aliphatic heterocycles. The summed E-state index contributed by atoms with van der Waals surface area (Å²) in [7, 11) is -22.1. The van der Waals surface area contributed by atoms with Crippen LogP contribution in [-0.4, -0.2) is 21.4 Å². The van der Waals surface area contributed by atoms with E-state index in [9.17, 15) is 47.6 Å². The Labute approximate surface area is 222 Å². The van der Waals surface area contributed by atoms with Gasteiger partial charge in [-0.2, -0.15) is 0 Å². The van der Waals surface area contributed by atoms with E-state index in [2.05, 4.69) is 9.05 Å². The molecule has 4 atom stereocenters. The van der Waals surface area contributed by atoms with Gasteiger partial charge in [0.2, 0.25) is 15.2 Å². The SMILES string of the molecule is O=P([O-])([O-])C(O)P(=O)([O-])Oc1ccccc1Cl.O=P([O-])([O-])C(O)P(=O)([O-])Oc1ccccc1Cl.[W]. The minimum Gasteiger partial charge on any atom is -0.809 e. The van der Waals surface area contributed by atoms with Gasteiger partial charge < -0.3 is 57.8 Å². The van der Waals surface area contributed by atoms with Crippen LogP contribution in [0.4, 0.5) is 0 Å². The first-order valence-electron chi connectivity index (χ1n) is 8.18. The Morgan fingerprint density at radius 1 is 0.629 bits per heavy atom. The van der Waals surface area contributed by atoms with Crippen LogP contribution in [0.15, 0.2) is 48.5 Å². The van der Waals surface area contributed by atoms with E-state index in [0.717, 1.165) is 12.1 Å². The van der Waals surface area contributed by atoms with Crippen LogP contribution in [-0.2, 0) is 39.3 Å². The van der Waals surface area contributed by atoms with Crippen molar-refractivity contribution < 1.29 is 87.9 Å². The van der Waals surface area contributed by atoms with Crippen molar-refractivity contribution in [3.63, 3.8) is 0 Å². The zero-order valence-corrected chi connectivity index (χ0v) is 24.5. The van der Waals surface area contributed by atoms with Gasteiger partial charge in [-0.1, -0.05) is 47.5 Å². The second-order valence-corrected chi connectivity index (χ2v) is 14.2. The zero-order chi connectivity index (χ0) is 26.5. The summed E-state index contributed by atoms with van der Waals surface area (Å²) in [4.78, 5) is 64.0. The molecule has 0 spiro atoms. The number of hydrogen-bond acceptors (Lipinski definition) is 14. The van der Waals surface area contributed by atoms with Crippen LogP contribution < -0.4 is 38.4 Å². The molecule has 198 valence electrons. The average molecular weight is 783 g/mol. The van der Waals surface area contributed by atoms with Crippen LogP contribution in [0.5, 0.6) is 11.5 Å². The molecule has 0 aliphatic carbocycles. The minimum atomic E-state index is -5.72. The summed E-state index contributed by atoms with van der Waals surface area (Å²) in [5.41, 5.74) is -6.29. The van der Waals surface area contributed by atoms with E-state index in [0.29, 0.717) is 0 Å². The van der Waals surface area contributed by atoms with Gasteiger partial charge in [0.1, 0.15) is 11.5 Å². The molecule has 0 radical (unpaired) electrons. The van der Waals surface area contributed by atoms with Crippen molar-refractivity contribution in [2.75, 3.05) is 0 Å². The molecule has 4 unspecified atom stereocenters. The molecule has 2 rings (SSSR count). The molecule has 35 heavy (non-hydrogen) atoms. The van der Waals surface area contributed by atoms with Crippen LogP contribution >= 0.6 is 53.6 Å². The first kappa shape index (κ1) is 34.9. The molecule has 0 aromatic heterocycles. The van der Waals surface area contributed by atoms with Gasteiger partial charge in [0, 0.05) is 21.1 Å². The van der Waals surface area contributed by atoms with Crippen molar-refractivity contribution in [3.05, 3.63) is 58.6 Å². The molecular weight excluding hydrogens is 771 g/mol. The van der Waals surface area contributed by atoms with Gasteiger partial charge in [-0.3, -0.25) is 9.13 Å². The largest absolute Gasteiger partial charge is 0.809 e. The van der Waals surface area contributed by atoms with E-state index < -0.39 is 41.6 Å². The van der Waals surface area contributed by atoms with Crippen molar-refractivity contribution in [2.45, 2.75) is 11.2 Å². The van der Waals surface area contributed by atoms with Crippen LogP contribution in [0.25, 0.3) is 0 Å². The standard InChI is InChI=1S/2C7H9ClO7P2.W/c2*8-5-3-1-2-4-6(5)15-17(13,14)7(9)16(10,11)12;/h2*1-4,7,9H,(H,13,14)(H2,10,11,12);/p-6. The Morgan fingerprint density at radius 2 is 0.886 bits per heavy atom. The van der Waals surface area contributed by atoms with E-state index in [1.807, 2.05) is 0 Å². The number of benzene rings is 2. The molecule has 2 N–H and O–H groups in total. The minimum absolute atomic E-state index is 0. The molecule has 0 saturated heterocycles. The molecule has 2 aromatic rings. The molecule has 0 fully saturated rings. The smallest absolute Gasteiger partial charge is 0.217 e. The Bertz CT molecular complexity index is 1100. The van der Waals surface area contributed by atoms with E-state index in [-0.39, 0.29) is 42.6 Å². The Morgan fingerprint density at radius 3 is 1.11 bits per heavy atom. The molecule has 0 saturated carbocycles. The van der Waals surface area contributed by atoms with Crippen LogP contribution in [0, 0.1) is 0 Å². The predicted molar refractivity (Wildman–Crippen MR) is 107 cm³/mol. The summed E-state index contributed by atoms with van der Waals surface area (Å²) in [6.45, 7) is 0. The molecular formula is C14H12Cl2O14P4W-6. The zero-order valence-electron chi connectivity index (χ0n) is 16.5. The third-order valence-electron chi connectivity index (χ3n) is 3.26. The topological polar surface area (TPSA) is 266 Å². The van der Waals surface area contributed by atoms with Crippen molar-refractivity contribution in [1.82, 2.24) is 0 Å². The van der Waals surface area contributed by atoms with E-state index in [4.69, 9.17) is 33.4 Å². The maximum Gasteiger partial charge on any atom is 0.217 e. The summed E-state index contributed by atoms with van der Waals surface area (Å²) in [5, 5.41) is 17.4. The van der Waals surface area contributed by atoms with E-state index in [1.54, 1.807) is 0 Å². The maximum absolute atomic E-state index is 11.2. The number of halogens is 2. The molecule has 0 aliphatic rings. The second-order valence-electron chi connectivity index (χ2n) is 5.90. The quantitative estimate of drug-likeness (QED) is 0.302. The molecule has 21 heteroatoms. The number of para-hydroxylation sites is 2. The number of rotatable bonds is 8. The fraction of sp³-hybridized carbons (Fsp3) is 0.143. The van der Waals surface area contributed by atoms with Crippen molar-refractivity contribution >= 4 is 53.6 Å². The van der Waals surface area contributed by atoms with Gasteiger partial charge in [0.25, 0.3) is 0 Å². The monoisotopic (exact) mass is 782 g/mol. The summed E-state index contributed by atoms with van der Waals surface area (Å²) in [6, 6.07) is 10.6. The van der Waals surface area contributed by atoms with Crippen LogP contribution in [0.2, 0.25) is 10.0 Å².